The molecule has 0 amide bonds. The molecule has 13 aromatic rings. The monoisotopic (exact) mass is 884 g/mol. The van der Waals surface area contributed by atoms with Gasteiger partial charge in [0.1, 0.15) is 0 Å². The zero-order valence-corrected chi connectivity index (χ0v) is 37.6. The van der Waals surface area contributed by atoms with Gasteiger partial charge in [0.25, 0.3) is 0 Å². The highest BCUT2D eigenvalue weighted by Crippen LogP contribution is 2.46. The number of hydrogen-bond donors (Lipinski definition) is 0. The first-order chi connectivity index (χ1) is 33.7. The van der Waals surface area contributed by atoms with E-state index >= 15 is 0 Å². The van der Waals surface area contributed by atoms with Crippen LogP contribution in [-0.4, -0.2) is 19.5 Å². The Balaban J connectivity index is 1.04. The Morgan fingerprint density at radius 2 is 0.809 bits per heavy atom. The highest BCUT2D eigenvalue weighted by atomic mass is 32.1. The summed E-state index contributed by atoms with van der Waals surface area (Å²) in [7, 11) is 0. The summed E-state index contributed by atoms with van der Waals surface area (Å²) in [5.74, 6) is 1.87. The molecule has 10 aromatic carbocycles. The molecule has 0 bridgehead atoms. The minimum atomic E-state index is 0.614. The maximum atomic E-state index is 5.32. The van der Waals surface area contributed by atoms with Crippen molar-refractivity contribution in [1.82, 2.24) is 19.5 Å². The highest BCUT2D eigenvalue weighted by molar-refractivity contribution is 7.26. The third-order valence-corrected chi connectivity index (χ3v) is 14.2. The molecule has 0 aliphatic heterocycles. The van der Waals surface area contributed by atoms with Crippen LogP contribution in [0, 0.1) is 0 Å². The normalized spacial score (nSPS) is 11.5. The summed E-state index contributed by atoms with van der Waals surface area (Å²) in [6.45, 7) is 0. The number of aromatic nitrogens is 4. The van der Waals surface area contributed by atoms with Gasteiger partial charge in [0.2, 0.25) is 0 Å². The van der Waals surface area contributed by atoms with Crippen molar-refractivity contribution >= 4 is 53.3 Å². The molecule has 0 spiro atoms. The Morgan fingerprint density at radius 1 is 0.294 bits per heavy atom. The smallest absolute Gasteiger partial charge is 0.164 e. The summed E-state index contributed by atoms with van der Waals surface area (Å²) >= 11 is 1.87. The van der Waals surface area contributed by atoms with Gasteiger partial charge in [-0.25, -0.2) is 15.0 Å². The van der Waals surface area contributed by atoms with Crippen molar-refractivity contribution in [2.24, 2.45) is 0 Å². The molecule has 0 saturated carbocycles. The number of benzene rings is 10. The van der Waals surface area contributed by atoms with Crippen LogP contribution in [0.25, 0.3) is 126 Å². The van der Waals surface area contributed by atoms with Crippen molar-refractivity contribution in [1.29, 1.82) is 0 Å². The second-order valence-electron chi connectivity index (χ2n) is 17.2. The zero-order valence-electron chi connectivity index (χ0n) is 36.8. The maximum Gasteiger partial charge on any atom is 0.164 e. The van der Waals surface area contributed by atoms with E-state index in [0.717, 1.165) is 55.8 Å². The number of para-hydroxylation sites is 2. The van der Waals surface area contributed by atoms with Crippen LogP contribution in [-0.2, 0) is 0 Å². The average Bonchev–Trinajstić information content (AvgIpc) is 3.97. The Kier molecular flexibility index (Phi) is 9.66. The van der Waals surface area contributed by atoms with E-state index in [1.165, 1.54) is 53.1 Å². The topological polar surface area (TPSA) is 43.6 Å². The molecule has 0 N–H and O–H groups in total. The fourth-order valence-electron chi connectivity index (χ4n) is 9.79. The van der Waals surface area contributed by atoms with Gasteiger partial charge < -0.3 is 4.57 Å². The van der Waals surface area contributed by atoms with Crippen LogP contribution in [0.2, 0.25) is 0 Å². The molecule has 68 heavy (non-hydrogen) atoms. The summed E-state index contributed by atoms with van der Waals surface area (Å²) in [5, 5.41) is 5.02. The van der Waals surface area contributed by atoms with Crippen LogP contribution in [0.3, 0.4) is 0 Å². The lowest BCUT2D eigenvalue weighted by atomic mass is 9.90. The van der Waals surface area contributed by atoms with Crippen LogP contribution in [0.1, 0.15) is 0 Å². The summed E-state index contributed by atoms with van der Waals surface area (Å²) in [4.78, 5) is 15.7. The lowest BCUT2D eigenvalue weighted by molar-refractivity contribution is 1.07. The molecule has 0 aliphatic carbocycles. The molecular formula is C63H40N4S. The van der Waals surface area contributed by atoms with E-state index in [9.17, 15) is 0 Å². The van der Waals surface area contributed by atoms with Crippen LogP contribution in [0.5, 0.6) is 0 Å². The standard InChI is InChI=1S/C63H40N4S/c1-6-18-41(19-7-1)47-36-48(42-20-8-2-9-21-42)38-49(37-47)45-30-32-51(55(39-45)63-65-61(43-22-10-3-11-23-43)64-62(66-63)44-24-12-4-13-25-44)46-31-35-58-54(40-46)52-33-34-57-59(60(52)68-58)53-28-16-17-29-56(53)67(57)50-26-14-5-15-27-50/h1-40H. The van der Waals surface area contributed by atoms with Gasteiger partial charge in [-0.05, 0) is 105 Å². The summed E-state index contributed by atoms with van der Waals surface area (Å²) in [5.41, 5.74) is 15.3. The fraction of sp³-hybridized carbons (Fsp3) is 0. The lowest BCUT2D eigenvalue weighted by Gasteiger charge is -2.16. The van der Waals surface area contributed by atoms with Gasteiger partial charge in [-0.1, -0.05) is 182 Å². The lowest BCUT2D eigenvalue weighted by Crippen LogP contribution is -2.01. The summed E-state index contributed by atoms with van der Waals surface area (Å²) in [6.07, 6.45) is 0. The molecule has 0 saturated heterocycles. The molecule has 0 radical (unpaired) electrons. The number of hydrogen-bond acceptors (Lipinski definition) is 4. The van der Waals surface area contributed by atoms with Crippen molar-refractivity contribution < 1.29 is 0 Å². The van der Waals surface area contributed by atoms with Crippen molar-refractivity contribution in [3.05, 3.63) is 243 Å². The Morgan fingerprint density at radius 3 is 1.43 bits per heavy atom. The van der Waals surface area contributed by atoms with Gasteiger partial charge in [-0.15, -0.1) is 11.3 Å². The van der Waals surface area contributed by atoms with E-state index in [2.05, 4.69) is 211 Å². The van der Waals surface area contributed by atoms with E-state index in [0.29, 0.717) is 17.5 Å². The van der Waals surface area contributed by atoms with Crippen molar-refractivity contribution in [2.75, 3.05) is 0 Å². The van der Waals surface area contributed by atoms with Crippen molar-refractivity contribution in [2.45, 2.75) is 0 Å². The van der Waals surface area contributed by atoms with Crippen LogP contribution in [0.15, 0.2) is 243 Å². The molecule has 0 fully saturated rings. The molecule has 318 valence electrons. The van der Waals surface area contributed by atoms with Crippen molar-refractivity contribution in [3.8, 4) is 84.4 Å². The van der Waals surface area contributed by atoms with Gasteiger partial charge in [-0.2, -0.15) is 0 Å². The van der Waals surface area contributed by atoms with E-state index in [1.807, 2.05) is 47.7 Å². The Labute approximate surface area is 397 Å². The van der Waals surface area contributed by atoms with E-state index in [1.54, 1.807) is 0 Å². The zero-order chi connectivity index (χ0) is 45.0. The van der Waals surface area contributed by atoms with Gasteiger partial charge in [0, 0.05) is 53.3 Å². The fourth-order valence-corrected chi connectivity index (χ4v) is 11.0. The van der Waals surface area contributed by atoms with Crippen molar-refractivity contribution in [3.63, 3.8) is 0 Å². The molecule has 0 aliphatic rings. The predicted octanol–water partition coefficient (Wildman–Crippen LogP) is 17.0. The third kappa shape index (κ3) is 6.96. The number of fused-ring (bicyclic) bond motifs is 7. The third-order valence-electron chi connectivity index (χ3n) is 13.0. The number of rotatable bonds is 8. The van der Waals surface area contributed by atoms with Crippen LogP contribution >= 0.6 is 11.3 Å². The SMILES string of the molecule is c1ccc(-c2cc(-c3ccccc3)cc(-c3ccc(-c4ccc5sc6c(ccc7c6c6ccccc6n7-c6ccccc6)c5c4)c(-c4nc(-c5ccccc5)nc(-c5ccccc5)n4)c3)c2)cc1. The first-order valence-corrected chi connectivity index (χ1v) is 23.7. The van der Waals surface area contributed by atoms with E-state index in [-0.39, 0.29) is 0 Å². The Bertz CT molecular complexity index is 3880. The number of nitrogens with zero attached hydrogens (tertiary/aromatic N) is 4. The minimum absolute atomic E-state index is 0.614. The van der Waals surface area contributed by atoms with E-state index in [4.69, 9.17) is 15.0 Å². The van der Waals surface area contributed by atoms with Crippen LogP contribution in [0.4, 0.5) is 0 Å². The first kappa shape index (κ1) is 39.6. The molecular weight excluding hydrogens is 845 g/mol. The van der Waals surface area contributed by atoms with Crippen LogP contribution < -0.4 is 0 Å². The van der Waals surface area contributed by atoms with Gasteiger partial charge in [0.05, 0.1) is 11.0 Å². The highest BCUT2D eigenvalue weighted by Gasteiger charge is 2.21. The molecule has 3 heterocycles. The molecule has 13 rings (SSSR count). The first-order valence-electron chi connectivity index (χ1n) is 22.9. The summed E-state index contributed by atoms with van der Waals surface area (Å²) in [6, 6.07) is 86.4. The second-order valence-corrected chi connectivity index (χ2v) is 18.2. The van der Waals surface area contributed by atoms with Gasteiger partial charge in [0.15, 0.2) is 17.5 Å². The molecule has 0 atom stereocenters. The average molecular weight is 885 g/mol. The summed E-state index contributed by atoms with van der Waals surface area (Å²) < 4.78 is 4.94. The predicted molar refractivity (Wildman–Crippen MR) is 285 cm³/mol. The largest absolute Gasteiger partial charge is 0.309 e. The maximum absolute atomic E-state index is 5.32. The minimum Gasteiger partial charge on any atom is -0.309 e. The molecule has 3 aromatic heterocycles. The quantitative estimate of drug-likeness (QED) is 0.153. The molecule has 5 heteroatoms. The van der Waals surface area contributed by atoms with Gasteiger partial charge in [-0.3, -0.25) is 0 Å². The molecule has 0 unspecified atom stereocenters. The molecule has 4 nitrogen and oxygen atoms in total. The second kappa shape index (κ2) is 16.6. The number of thiophene rings is 1. The van der Waals surface area contributed by atoms with Gasteiger partial charge >= 0.3 is 0 Å². The van der Waals surface area contributed by atoms with E-state index < -0.39 is 0 Å². The Hall–Kier alpha value is -8.77.